The molecule has 2 heterocycles. The fourth-order valence-corrected chi connectivity index (χ4v) is 4.08. The third kappa shape index (κ3) is 5.17. The number of amides is 1. The van der Waals surface area contributed by atoms with Gasteiger partial charge in [0.15, 0.2) is 15.6 Å². The summed E-state index contributed by atoms with van der Waals surface area (Å²) >= 11 is 1.32. The Morgan fingerprint density at radius 3 is 2.46 bits per heavy atom. The molecule has 28 heavy (non-hydrogen) atoms. The fraction of sp³-hybridized carbons (Fsp3) is 0.200. The number of sulfone groups is 1. The highest BCUT2D eigenvalue weighted by Gasteiger charge is 2.14. The van der Waals surface area contributed by atoms with Crippen molar-refractivity contribution >= 4 is 32.9 Å². The van der Waals surface area contributed by atoms with Crippen LogP contribution in [0.15, 0.2) is 64.1 Å². The van der Waals surface area contributed by atoms with Crippen molar-refractivity contribution in [2.45, 2.75) is 24.3 Å². The monoisotopic (exact) mass is 417 g/mol. The van der Waals surface area contributed by atoms with Gasteiger partial charge in [0, 0.05) is 17.6 Å². The quantitative estimate of drug-likeness (QED) is 0.568. The molecule has 6 nitrogen and oxygen atoms in total. The zero-order valence-electron chi connectivity index (χ0n) is 15.2. The Hall–Kier alpha value is -2.71. The second-order valence-electron chi connectivity index (χ2n) is 6.27. The highest BCUT2D eigenvalue weighted by molar-refractivity contribution is 7.90. The van der Waals surface area contributed by atoms with Crippen LogP contribution < -0.4 is 5.32 Å². The number of benzene rings is 1. The number of thiophene rings is 1. The number of aryl methyl sites for hydroxylation is 1. The molecule has 8 heteroatoms. The van der Waals surface area contributed by atoms with Crippen molar-refractivity contribution in [2.24, 2.45) is 0 Å². The number of ketones is 1. The lowest BCUT2D eigenvalue weighted by molar-refractivity contribution is -0.121. The predicted molar refractivity (Wildman–Crippen MR) is 106 cm³/mol. The molecule has 0 bridgehead atoms. The van der Waals surface area contributed by atoms with Gasteiger partial charge in [0.05, 0.1) is 22.6 Å². The summed E-state index contributed by atoms with van der Waals surface area (Å²) in [4.78, 5) is 26.0. The Kier molecular flexibility index (Phi) is 6.11. The fourth-order valence-electron chi connectivity index (χ4n) is 2.56. The van der Waals surface area contributed by atoms with Crippen molar-refractivity contribution in [3.05, 3.63) is 75.9 Å². The average molecular weight is 418 g/mol. The van der Waals surface area contributed by atoms with Gasteiger partial charge in [-0.05, 0) is 48.4 Å². The van der Waals surface area contributed by atoms with Crippen LogP contribution in [-0.4, -0.2) is 26.4 Å². The number of furan rings is 1. The molecule has 0 radical (unpaired) electrons. The molecule has 1 amide bonds. The van der Waals surface area contributed by atoms with Crippen LogP contribution >= 0.6 is 11.3 Å². The van der Waals surface area contributed by atoms with E-state index in [9.17, 15) is 18.0 Å². The van der Waals surface area contributed by atoms with E-state index in [0.29, 0.717) is 30.0 Å². The van der Waals surface area contributed by atoms with Crippen molar-refractivity contribution in [1.29, 1.82) is 0 Å². The first-order valence-corrected chi connectivity index (χ1v) is 11.3. The third-order valence-electron chi connectivity index (χ3n) is 4.08. The summed E-state index contributed by atoms with van der Waals surface area (Å²) in [7, 11) is -3.22. The zero-order valence-corrected chi connectivity index (χ0v) is 16.8. The van der Waals surface area contributed by atoms with Gasteiger partial charge in [0.1, 0.15) is 0 Å². The molecule has 0 saturated heterocycles. The van der Waals surface area contributed by atoms with Crippen molar-refractivity contribution in [1.82, 2.24) is 5.32 Å². The van der Waals surface area contributed by atoms with E-state index in [4.69, 9.17) is 4.42 Å². The molecule has 1 N–H and O–H groups in total. The van der Waals surface area contributed by atoms with E-state index in [-0.39, 0.29) is 16.6 Å². The highest BCUT2D eigenvalue weighted by atomic mass is 32.2. The molecule has 0 saturated carbocycles. The van der Waals surface area contributed by atoms with Crippen LogP contribution in [-0.2, 0) is 27.6 Å². The van der Waals surface area contributed by atoms with E-state index in [1.807, 2.05) is 6.07 Å². The summed E-state index contributed by atoms with van der Waals surface area (Å²) < 4.78 is 28.0. The molecule has 0 aliphatic heterocycles. The first-order chi connectivity index (χ1) is 13.3. The first kappa shape index (κ1) is 20.0. The molecule has 0 fully saturated rings. The number of rotatable bonds is 8. The lowest BCUT2D eigenvalue weighted by Gasteiger charge is -2.05. The molecular formula is C20H19NO5S2. The van der Waals surface area contributed by atoms with Gasteiger partial charge in [-0.25, -0.2) is 8.42 Å². The lowest BCUT2D eigenvalue weighted by atomic mass is 10.1. The normalized spacial score (nSPS) is 11.3. The summed E-state index contributed by atoms with van der Waals surface area (Å²) in [6, 6.07) is 13.3. The summed E-state index contributed by atoms with van der Waals surface area (Å²) in [5.74, 6) is 0.00365. The molecule has 3 aromatic rings. The number of carbonyl (C=O) groups excluding carboxylic acids is 2. The van der Waals surface area contributed by atoms with Crippen molar-refractivity contribution < 1.29 is 22.4 Å². The van der Waals surface area contributed by atoms with Gasteiger partial charge in [-0.2, -0.15) is 0 Å². The van der Waals surface area contributed by atoms with Gasteiger partial charge in [0.25, 0.3) is 0 Å². The van der Waals surface area contributed by atoms with Crippen LogP contribution in [0.5, 0.6) is 0 Å². The zero-order chi connectivity index (χ0) is 20.1. The Bertz CT molecular complexity index is 1060. The maximum atomic E-state index is 12.2. The molecule has 1 aromatic carbocycles. The van der Waals surface area contributed by atoms with Crippen LogP contribution in [0, 0.1) is 0 Å². The topological polar surface area (TPSA) is 93.5 Å². The van der Waals surface area contributed by atoms with Crippen molar-refractivity contribution in [3.8, 4) is 0 Å². The number of hydrogen-bond acceptors (Lipinski definition) is 6. The maximum Gasteiger partial charge on any atom is 0.238 e. The van der Waals surface area contributed by atoms with E-state index < -0.39 is 9.84 Å². The minimum absolute atomic E-state index is 0.112. The van der Waals surface area contributed by atoms with E-state index >= 15 is 0 Å². The average Bonchev–Trinajstić information content (AvgIpc) is 3.35. The van der Waals surface area contributed by atoms with Gasteiger partial charge in [-0.3, -0.25) is 9.59 Å². The smallest absolute Gasteiger partial charge is 0.238 e. The van der Waals surface area contributed by atoms with Crippen molar-refractivity contribution in [3.63, 3.8) is 0 Å². The minimum Gasteiger partial charge on any atom is -0.461 e. The molecular weight excluding hydrogens is 398 g/mol. The second-order valence-corrected chi connectivity index (χ2v) is 9.45. The molecule has 0 spiro atoms. The predicted octanol–water partition coefficient (Wildman–Crippen LogP) is 3.22. The van der Waals surface area contributed by atoms with Crippen LogP contribution in [0.2, 0.25) is 0 Å². The number of carbonyl (C=O) groups is 2. The minimum atomic E-state index is -3.22. The number of nitrogens with one attached hydrogen (secondary N) is 1. The van der Waals surface area contributed by atoms with E-state index in [1.54, 1.807) is 42.5 Å². The third-order valence-corrected chi connectivity index (χ3v) is 6.29. The second kappa shape index (κ2) is 8.53. The lowest BCUT2D eigenvalue weighted by Crippen LogP contribution is -2.22. The molecule has 0 unspecified atom stereocenters. The number of hydrogen-bond donors (Lipinski definition) is 1. The van der Waals surface area contributed by atoms with Crippen LogP contribution in [0.3, 0.4) is 0 Å². The van der Waals surface area contributed by atoms with Gasteiger partial charge in [0.2, 0.25) is 11.7 Å². The highest BCUT2D eigenvalue weighted by Crippen LogP contribution is 2.20. The molecule has 146 valence electrons. The Balaban J connectivity index is 1.48. The Morgan fingerprint density at radius 1 is 1.07 bits per heavy atom. The molecule has 3 rings (SSSR count). The molecule has 0 atom stereocenters. The van der Waals surface area contributed by atoms with Crippen LogP contribution in [0.25, 0.3) is 0 Å². The summed E-state index contributed by atoms with van der Waals surface area (Å²) in [6.07, 6.45) is 3.43. The van der Waals surface area contributed by atoms with Crippen LogP contribution in [0.4, 0.5) is 0 Å². The van der Waals surface area contributed by atoms with Gasteiger partial charge in [-0.1, -0.05) is 12.1 Å². The van der Waals surface area contributed by atoms with E-state index in [1.165, 1.54) is 17.6 Å². The summed E-state index contributed by atoms with van der Waals surface area (Å²) in [5.41, 5.74) is 0.894. The van der Waals surface area contributed by atoms with E-state index in [2.05, 4.69) is 5.32 Å². The first-order valence-electron chi connectivity index (χ1n) is 8.55. The molecule has 0 aliphatic carbocycles. The molecule has 2 aromatic heterocycles. The summed E-state index contributed by atoms with van der Waals surface area (Å²) in [5, 5.41) is 2.83. The SMILES string of the molecule is CS(=O)(=O)c1ccc(CCC(=O)NCc2ccc(C(=O)c3ccco3)s2)cc1. The van der Waals surface area contributed by atoms with E-state index in [0.717, 1.165) is 16.7 Å². The Morgan fingerprint density at radius 2 is 1.82 bits per heavy atom. The maximum absolute atomic E-state index is 12.2. The molecule has 0 aliphatic rings. The van der Waals surface area contributed by atoms with Crippen molar-refractivity contribution in [2.75, 3.05) is 6.26 Å². The largest absolute Gasteiger partial charge is 0.461 e. The standard InChI is InChI=1S/C20H19NO5S2/c1-28(24,25)16-8-4-14(5-9-16)6-11-19(22)21-13-15-7-10-18(27-15)20(23)17-3-2-12-26-17/h2-5,7-10,12H,6,11,13H2,1H3,(H,21,22). The van der Waals surface area contributed by atoms with Gasteiger partial charge >= 0.3 is 0 Å². The van der Waals surface area contributed by atoms with Gasteiger partial charge in [-0.15, -0.1) is 11.3 Å². The van der Waals surface area contributed by atoms with Crippen LogP contribution in [0.1, 0.15) is 32.3 Å². The Labute approximate surface area is 167 Å². The van der Waals surface area contributed by atoms with Gasteiger partial charge < -0.3 is 9.73 Å². The summed E-state index contributed by atoms with van der Waals surface area (Å²) in [6.45, 7) is 0.349.